The molecule has 2 rings (SSSR count). The van der Waals surface area contributed by atoms with E-state index in [1.165, 1.54) is 24.9 Å². The predicted octanol–water partition coefficient (Wildman–Crippen LogP) is 3.96. The smallest absolute Gasteiger partial charge is 0.0682 e. The van der Waals surface area contributed by atoms with Crippen LogP contribution in [0.1, 0.15) is 38.7 Å². The number of hydrogen-bond donors (Lipinski definition) is 1. The SMILES string of the molecule is CCC1(C)CCN(c2ccc(CO)cc2Br)CC1. The number of aliphatic hydroxyl groups is 1. The fourth-order valence-corrected chi connectivity index (χ4v) is 3.22. The van der Waals surface area contributed by atoms with Gasteiger partial charge >= 0.3 is 0 Å². The molecule has 100 valence electrons. The highest BCUT2D eigenvalue weighted by molar-refractivity contribution is 9.10. The van der Waals surface area contributed by atoms with Gasteiger partial charge in [0.2, 0.25) is 0 Å². The molecule has 18 heavy (non-hydrogen) atoms. The standard InChI is InChI=1S/C15H22BrNO/c1-3-15(2)6-8-17(9-7-15)14-5-4-12(11-18)10-13(14)16/h4-5,10,18H,3,6-9,11H2,1-2H3. The maximum absolute atomic E-state index is 9.13. The van der Waals surface area contributed by atoms with Crippen molar-refractivity contribution in [2.45, 2.75) is 39.7 Å². The largest absolute Gasteiger partial charge is 0.392 e. The summed E-state index contributed by atoms with van der Waals surface area (Å²) in [6, 6.07) is 6.14. The van der Waals surface area contributed by atoms with Crippen molar-refractivity contribution in [2.24, 2.45) is 5.41 Å². The molecule has 0 spiro atoms. The van der Waals surface area contributed by atoms with Crippen molar-refractivity contribution in [3.63, 3.8) is 0 Å². The summed E-state index contributed by atoms with van der Waals surface area (Å²) in [6.45, 7) is 7.05. The minimum atomic E-state index is 0.104. The van der Waals surface area contributed by atoms with Crippen molar-refractivity contribution in [3.05, 3.63) is 28.2 Å². The molecule has 0 aromatic heterocycles. The van der Waals surface area contributed by atoms with E-state index < -0.39 is 0 Å². The van der Waals surface area contributed by atoms with Crippen LogP contribution in [0.15, 0.2) is 22.7 Å². The van der Waals surface area contributed by atoms with Crippen LogP contribution in [0, 0.1) is 5.41 Å². The second-order valence-electron chi connectivity index (χ2n) is 5.60. The number of anilines is 1. The van der Waals surface area contributed by atoms with Crippen LogP contribution in [0.5, 0.6) is 0 Å². The summed E-state index contributed by atoms with van der Waals surface area (Å²) in [6.07, 6.45) is 3.79. The summed E-state index contributed by atoms with van der Waals surface area (Å²) in [5, 5.41) is 9.13. The molecule has 0 amide bonds. The molecule has 0 bridgehead atoms. The Kier molecular flexibility index (Phi) is 4.33. The third-order valence-electron chi connectivity index (χ3n) is 4.36. The molecule has 0 radical (unpaired) electrons. The van der Waals surface area contributed by atoms with Crippen LogP contribution >= 0.6 is 15.9 Å². The van der Waals surface area contributed by atoms with Gasteiger partial charge in [-0.3, -0.25) is 0 Å². The zero-order valence-electron chi connectivity index (χ0n) is 11.2. The third kappa shape index (κ3) is 2.89. The van der Waals surface area contributed by atoms with Gasteiger partial charge in [-0.15, -0.1) is 0 Å². The summed E-state index contributed by atoms with van der Waals surface area (Å²) < 4.78 is 1.09. The van der Waals surface area contributed by atoms with Gasteiger partial charge in [-0.2, -0.15) is 0 Å². The first-order valence-electron chi connectivity index (χ1n) is 6.72. The number of nitrogens with zero attached hydrogens (tertiary/aromatic N) is 1. The summed E-state index contributed by atoms with van der Waals surface area (Å²) in [5.41, 5.74) is 2.74. The Morgan fingerprint density at radius 3 is 2.50 bits per heavy atom. The molecule has 0 aliphatic carbocycles. The van der Waals surface area contributed by atoms with Crippen LogP contribution in [0.3, 0.4) is 0 Å². The molecule has 1 aromatic carbocycles. The van der Waals surface area contributed by atoms with E-state index in [2.05, 4.69) is 40.7 Å². The van der Waals surface area contributed by atoms with E-state index in [-0.39, 0.29) is 6.61 Å². The van der Waals surface area contributed by atoms with E-state index in [9.17, 15) is 0 Å². The number of rotatable bonds is 3. The van der Waals surface area contributed by atoms with Crippen molar-refractivity contribution in [2.75, 3.05) is 18.0 Å². The van der Waals surface area contributed by atoms with E-state index in [0.29, 0.717) is 5.41 Å². The highest BCUT2D eigenvalue weighted by atomic mass is 79.9. The van der Waals surface area contributed by atoms with Crippen LogP contribution in [0.4, 0.5) is 5.69 Å². The molecular formula is C15H22BrNO. The summed E-state index contributed by atoms with van der Waals surface area (Å²) >= 11 is 3.62. The monoisotopic (exact) mass is 311 g/mol. The topological polar surface area (TPSA) is 23.5 Å². The van der Waals surface area contributed by atoms with Gasteiger partial charge in [0.05, 0.1) is 12.3 Å². The average Bonchev–Trinajstić information content (AvgIpc) is 2.40. The minimum absolute atomic E-state index is 0.104. The summed E-state index contributed by atoms with van der Waals surface area (Å²) in [7, 11) is 0. The molecule has 1 aromatic rings. The highest BCUT2D eigenvalue weighted by Gasteiger charge is 2.28. The molecule has 1 aliphatic heterocycles. The lowest BCUT2D eigenvalue weighted by atomic mass is 9.78. The lowest BCUT2D eigenvalue weighted by molar-refractivity contribution is 0.238. The molecule has 1 aliphatic rings. The summed E-state index contributed by atoms with van der Waals surface area (Å²) in [4.78, 5) is 2.45. The Morgan fingerprint density at radius 1 is 1.33 bits per heavy atom. The van der Waals surface area contributed by atoms with E-state index in [1.807, 2.05) is 12.1 Å². The van der Waals surface area contributed by atoms with Crippen molar-refractivity contribution in [3.8, 4) is 0 Å². The Bertz CT molecular complexity index is 411. The minimum Gasteiger partial charge on any atom is -0.392 e. The van der Waals surface area contributed by atoms with Gasteiger partial charge in [-0.1, -0.05) is 26.3 Å². The Morgan fingerprint density at radius 2 is 2.00 bits per heavy atom. The quantitative estimate of drug-likeness (QED) is 0.913. The number of halogens is 1. The molecule has 1 N–H and O–H groups in total. The van der Waals surface area contributed by atoms with E-state index in [0.717, 1.165) is 23.1 Å². The van der Waals surface area contributed by atoms with Crippen molar-refractivity contribution < 1.29 is 5.11 Å². The van der Waals surface area contributed by atoms with Gasteiger partial charge < -0.3 is 10.0 Å². The fourth-order valence-electron chi connectivity index (χ4n) is 2.55. The Labute approximate surface area is 118 Å². The first-order chi connectivity index (χ1) is 8.58. The van der Waals surface area contributed by atoms with Gasteiger partial charge in [-0.25, -0.2) is 0 Å². The van der Waals surface area contributed by atoms with Crippen LogP contribution in [0.2, 0.25) is 0 Å². The molecule has 1 fully saturated rings. The number of hydrogen-bond acceptors (Lipinski definition) is 2. The van der Waals surface area contributed by atoms with Gasteiger partial charge in [0.15, 0.2) is 0 Å². The lowest BCUT2D eigenvalue weighted by Crippen LogP contribution is -2.38. The van der Waals surface area contributed by atoms with Crippen molar-refractivity contribution in [1.82, 2.24) is 0 Å². The number of piperidine rings is 1. The zero-order chi connectivity index (χ0) is 13.2. The first kappa shape index (κ1) is 13.9. The van der Waals surface area contributed by atoms with Gasteiger partial charge in [0.25, 0.3) is 0 Å². The Hall–Kier alpha value is -0.540. The lowest BCUT2D eigenvalue weighted by Gasteiger charge is -2.40. The maximum atomic E-state index is 9.13. The van der Waals surface area contributed by atoms with Gasteiger partial charge in [0, 0.05) is 17.6 Å². The molecule has 0 unspecified atom stereocenters. The molecule has 1 heterocycles. The second-order valence-corrected chi connectivity index (χ2v) is 6.45. The third-order valence-corrected chi connectivity index (χ3v) is 4.99. The molecule has 3 heteroatoms. The van der Waals surface area contributed by atoms with Crippen LogP contribution in [0.25, 0.3) is 0 Å². The number of aliphatic hydroxyl groups excluding tert-OH is 1. The van der Waals surface area contributed by atoms with Crippen molar-refractivity contribution in [1.29, 1.82) is 0 Å². The molecule has 0 saturated carbocycles. The van der Waals surface area contributed by atoms with Crippen LogP contribution < -0.4 is 4.90 Å². The van der Waals surface area contributed by atoms with E-state index in [1.54, 1.807) is 0 Å². The molecule has 1 saturated heterocycles. The van der Waals surface area contributed by atoms with E-state index >= 15 is 0 Å². The summed E-state index contributed by atoms with van der Waals surface area (Å²) in [5.74, 6) is 0. The first-order valence-corrected chi connectivity index (χ1v) is 7.51. The molecular weight excluding hydrogens is 290 g/mol. The highest BCUT2D eigenvalue weighted by Crippen LogP contribution is 2.37. The zero-order valence-corrected chi connectivity index (χ0v) is 12.8. The maximum Gasteiger partial charge on any atom is 0.0682 e. The molecule has 2 nitrogen and oxygen atoms in total. The van der Waals surface area contributed by atoms with Crippen LogP contribution in [-0.4, -0.2) is 18.2 Å². The van der Waals surface area contributed by atoms with Crippen LogP contribution in [-0.2, 0) is 6.61 Å². The second kappa shape index (κ2) is 5.62. The van der Waals surface area contributed by atoms with Gasteiger partial charge in [-0.05, 0) is 51.9 Å². The number of benzene rings is 1. The van der Waals surface area contributed by atoms with Gasteiger partial charge in [0.1, 0.15) is 0 Å². The van der Waals surface area contributed by atoms with Crippen molar-refractivity contribution >= 4 is 21.6 Å². The average molecular weight is 312 g/mol. The molecule has 0 atom stereocenters. The predicted molar refractivity (Wildman–Crippen MR) is 79.9 cm³/mol. The Balaban J connectivity index is 2.10. The fraction of sp³-hybridized carbons (Fsp3) is 0.600. The normalized spacial score (nSPS) is 19.0. The van der Waals surface area contributed by atoms with E-state index in [4.69, 9.17) is 5.11 Å².